The predicted octanol–water partition coefficient (Wildman–Crippen LogP) is 3.40. The van der Waals surface area contributed by atoms with Crippen LogP contribution in [0.1, 0.15) is 22.5 Å². The fourth-order valence-corrected chi connectivity index (χ4v) is 3.11. The van der Waals surface area contributed by atoms with Crippen LogP contribution in [0.2, 0.25) is 0 Å². The molecule has 3 rings (SSSR count). The van der Waals surface area contributed by atoms with Gasteiger partial charge in [-0.3, -0.25) is 4.99 Å². The van der Waals surface area contributed by atoms with Gasteiger partial charge in [0.2, 0.25) is 0 Å². The van der Waals surface area contributed by atoms with Crippen molar-refractivity contribution in [3.05, 3.63) is 83.2 Å². The number of para-hydroxylation sites is 1. The molecule has 3 aromatic rings. The van der Waals surface area contributed by atoms with Gasteiger partial charge in [-0.15, -0.1) is 0 Å². The summed E-state index contributed by atoms with van der Waals surface area (Å²) in [5, 5.41) is 11.4. The number of nitrogens with one attached hydrogen (secondary N) is 2. The third-order valence-electron chi connectivity index (χ3n) is 4.45. The molecule has 0 unspecified atom stereocenters. The molecule has 0 aliphatic heterocycles. The monoisotopic (exact) mass is 361 g/mol. The van der Waals surface area contributed by atoms with Gasteiger partial charge in [0.15, 0.2) is 5.96 Å². The molecule has 140 valence electrons. The summed E-state index contributed by atoms with van der Waals surface area (Å²) in [6.45, 7) is 5.61. The van der Waals surface area contributed by atoms with Crippen LogP contribution >= 0.6 is 0 Å². The normalized spacial score (nSPS) is 11.4. The van der Waals surface area contributed by atoms with Crippen molar-refractivity contribution in [2.24, 2.45) is 4.99 Å². The van der Waals surface area contributed by atoms with E-state index in [4.69, 9.17) is 0 Å². The maximum atomic E-state index is 4.61. The molecule has 0 aliphatic carbocycles. The Labute approximate surface area is 161 Å². The molecule has 5 heteroatoms. The van der Waals surface area contributed by atoms with Gasteiger partial charge in [0, 0.05) is 25.8 Å². The predicted molar refractivity (Wildman–Crippen MR) is 111 cm³/mol. The summed E-state index contributed by atoms with van der Waals surface area (Å²) in [7, 11) is 1.80. The molecular weight excluding hydrogens is 334 g/mol. The van der Waals surface area contributed by atoms with Crippen molar-refractivity contribution in [1.82, 2.24) is 20.4 Å². The Kier molecular flexibility index (Phi) is 6.26. The zero-order chi connectivity index (χ0) is 19.1. The lowest BCUT2D eigenvalue weighted by molar-refractivity contribution is 0.775. The maximum absolute atomic E-state index is 4.61. The summed E-state index contributed by atoms with van der Waals surface area (Å²) >= 11 is 0. The van der Waals surface area contributed by atoms with Gasteiger partial charge in [-0.2, -0.15) is 5.10 Å². The van der Waals surface area contributed by atoms with Crippen molar-refractivity contribution in [3.8, 4) is 5.69 Å². The van der Waals surface area contributed by atoms with E-state index in [9.17, 15) is 0 Å². The minimum absolute atomic E-state index is 0.680. The summed E-state index contributed by atoms with van der Waals surface area (Å²) in [4.78, 5) is 4.33. The third kappa shape index (κ3) is 4.97. The van der Waals surface area contributed by atoms with Crippen molar-refractivity contribution in [1.29, 1.82) is 0 Å². The molecule has 2 N–H and O–H groups in total. The molecule has 27 heavy (non-hydrogen) atoms. The molecule has 0 radical (unpaired) electrons. The first-order chi connectivity index (χ1) is 13.2. The van der Waals surface area contributed by atoms with Crippen molar-refractivity contribution >= 4 is 5.96 Å². The molecule has 0 saturated carbocycles. The van der Waals surface area contributed by atoms with Crippen LogP contribution < -0.4 is 10.6 Å². The van der Waals surface area contributed by atoms with E-state index in [1.165, 1.54) is 11.1 Å². The number of benzene rings is 2. The highest BCUT2D eigenvalue weighted by atomic mass is 15.3. The maximum Gasteiger partial charge on any atom is 0.191 e. The van der Waals surface area contributed by atoms with Gasteiger partial charge >= 0.3 is 0 Å². The highest BCUT2D eigenvalue weighted by molar-refractivity contribution is 5.79. The Morgan fingerprint density at radius 1 is 1.00 bits per heavy atom. The molecule has 0 aliphatic rings. The van der Waals surface area contributed by atoms with Crippen molar-refractivity contribution < 1.29 is 0 Å². The second-order valence-corrected chi connectivity index (χ2v) is 6.56. The van der Waals surface area contributed by atoms with Gasteiger partial charge in [-0.1, -0.05) is 48.5 Å². The molecule has 0 amide bonds. The highest BCUT2D eigenvalue weighted by Crippen LogP contribution is 2.16. The van der Waals surface area contributed by atoms with Gasteiger partial charge in [-0.05, 0) is 43.5 Å². The smallest absolute Gasteiger partial charge is 0.191 e. The average molecular weight is 361 g/mol. The van der Waals surface area contributed by atoms with Crippen molar-refractivity contribution in [3.63, 3.8) is 0 Å². The van der Waals surface area contributed by atoms with Crippen LogP contribution in [0.15, 0.2) is 65.7 Å². The van der Waals surface area contributed by atoms with E-state index in [0.29, 0.717) is 6.54 Å². The average Bonchev–Trinajstić information content (AvgIpc) is 3.03. The molecule has 0 spiro atoms. The van der Waals surface area contributed by atoms with Crippen LogP contribution in [0.5, 0.6) is 0 Å². The van der Waals surface area contributed by atoms with Crippen LogP contribution in [0.3, 0.4) is 0 Å². The molecule has 0 bridgehead atoms. The zero-order valence-electron chi connectivity index (χ0n) is 16.2. The fourth-order valence-electron chi connectivity index (χ4n) is 3.11. The van der Waals surface area contributed by atoms with Crippen LogP contribution in [-0.4, -0.2) is 29.3 Å². The third-order valence-corrected chi connectivity index (χ3v) is 4.45. The first-order valence-electron chi connectivity index (χ1n) is 9.27. The van der Waals surface area contributed by atoms with Gasteiger partial charge in [0.05, 0.1) is 11.4 Å². The summed E-state index contributed by atoms with van der Waals surface area (Å²) in [6, 6.07) is 20.9. The van der Waals surface area contributed by atoms with Crippen molar-refractivity contribution in [2.75, 3.05) is 13.6 Å². The van der Waals surface area contributed by atoms with Crippen LogP contribution in [0.25, 0.3) is 5.69 Å². The molecular formula is C22H27N5. The lowest BCUT2D eigenvalue weighted by Gasteiger charge is -2.15. The largest absolute Gasteiger partial charge is 0.356 e. The van der Waals surface area contributed by atoms with Gasteiger partial charge < -0.3 is 10.6 Å². The lowest BCUT2D eigenvalue weighted by Crippen LogP contribution is -2.38. The Bertz CT molecular complexity index is 896. The highest BCUT2D eigenvalue weighted by Gasteiger charge is 2.09. The quantitative estimate of drug-likeness (QED) is 0.523. The molecule has 2 aromatic carbocycles. The summed E-state index contributed by atoms with van der Waals surface area (Å²) in [5.41, 5.74) is 5.74. The van der Waals surface area contributed by atoms with Crippen LogP contribution in [0.4, 0.5) is 0 Å². The van der Waals surface area contributed by atoms with E-state index in [0.717, 1.165) is 36.0 Å². The fraction of sp³-hybridized carbons (Fsp3) is 0.273. The van der Waals surface area contributed by atoms with Gasteiger partial charge in [0.1, 0.15) is 0 Å². The minimum atomic E-state index is 0.680. The molecule has 0 fully saturated rings. The van der Waals surface area contributed by atoms with Gasteiger partial charge in [-0.25, -0.2) is 4.68 Å². The van der Waals surface area contributed by atoms with Crippen LogP contribution in [0, 0.1) is 13.8 Å². The second kappa shape index (κ2) is 9.03. The number of aryl methyl sites for hydroxylation is 2. The molecule has 1 heterocycles. The SMILES string of the molecule is CN=C(NCCc1ccccc1)NCc1ccccc1-n1nc(C)cc1C. The zero-order valence-corrected chi connectivity index (χ0v) is 16.2. The summed E-state index contributed by atoms with van der Waals surface area (Å²) in [5.74, 6) is 0.800. The number of nitrogens with zero attached hydrogens (tertiary/aromatic N) is 3. The lowest BCUT2D eigenvalue weighted by atomic mass is 10.1. The number of rotatable bonds is 6. The van der Waals surface area contributed by atoms with Crippen molar-refractivity contribution in [2.45, 2.75) is 26.8 Å². The van der Waals surface area contributed by atoms with Gasteiger partial charge in [0.25, 0.3) is 0 Å². The topological polar surface area (TPSA) is 54.2 Å². The van der Waals surface area contributed by atoms with E-state index < -0.39 is 0 Å². The standard InChI is InChI=1S/C22H27N5/c1-17-15-18(2)27(26-17)21-12-8-7-11-20(21)16-25-22(23-3)24-14-13-19-9-5-4-6-10-19/h4-12,15H,13-14,16H2,1-3H3,(H2,23,24,25). The number of aliphatic imine (C=N–C) groups is 1. The molecule has 5 nitrogen and oxygen atoms in total. The number of hydrogen-bond acceptors (Lipinski definition) is 2. The van der Waals surface area contributed by atoms with E-state index in [2.05, 4.69) is 76.2 Å². The second-order valence-electron chi connectivity index (χ2n) is 6.56. The number of guanidine groups is 1. The number of aromatic nitrogens is 2. The molecule has 0 saturated heterocycles. The Balaban J connectivity index is 1.61. The van der Waals surface area contributed by atoms with E-state index in [-0.39, 0.29) is 0 Å². The van der Waals surface area contributed by atoms with E-state index in [1.54, 1.807) is 7.05 Å². The summed E-state index contributed by atoms with van der Waals surface area (Å²) in [6.07, 6.45) is 0.962. The first kappa shape index (κ1) is 18.7. The molecule has 0 atom stereocenters. The summed E-state index contributed by atoms with van der Waals surface area (Å²) < 4.78 is 2.00. The Morgan fingerprint density at radius 2 is 1.74 bits per heavy atom. The number of hydrogen-bond donors (Lipinski definition) is 2. The Hall–Kier alpha value is -3.08. The minimum Gasteiger partial charge on any atom is -0.356 e. The Morgan fingerprint density at radius 3 is 2.44 bits per heavy atom. The molecule has 1 aromatic heterocycles. The van der Waals surface area contributed by atoms with E-state index in [1.807, 2.05) is 23.7 Å². The van der Waals surface area contributed by atoms with E-state index >= 15 is 0 Å². The van der Waals surface area contributed by atoms with Crippen LogP contribution in [-0.2, 0) is 13.0 Å². The first-order valence-corrected chi connectivity index (χ1v) is 9.27.